The summed E-state index contributed by atoms with van der Waals surface area (Å²) in [5, 5.41) is 0. The number of epoxide rings is 1. The predicted octanol–water partition coefficient (Wildman–Crippen LogP) is 2.42. The zero-order valence-corrected chi connectivity index (χ0v) is 11.6. The zero-order chi connectivity index (χ0) is 15.1. The van der Waals surface area contributed by atoms with Gasteiger partial charge in [0.05, 0.1) is 5.69 Å². The van der Waals surface area contributed by atoms with E-state index in [9.17, 15) is 4.79 Å². The van der Waals surface area contributed by atoms with Crippen LogP contribution < -0.4 is 0 Å². The van der Waals surface area contributed by atoms with Crippen LogP contribution >= 0.6 is 0 Å². The van der Waals surface area contributed by atoms with Gasteiger partial charge in [0.25, 0.3) is 0 Å². The second-order valence-corrected chi connectivity index (χ2v) is 4.28. The topological polar surface area (TPSA) is 60.4 Å². The van der Waals surface area contributed by atoms with Crippen molar-refractivity contribution in [3.8, 4) is 0 Å². The molecule has 2 rings (SSSR count). The van der Waals surface area contributed by atoms with Crippen molar-refractivity contribution in [1.29, 1.82) is 0 Å². The lowest BCUT2D eigenvalue weighted by Gasteiger charge is -2.05. The van der Waals surface area contributed by atoms with Gasteiger partial charge in [0.15, 0.2) is 12.2 Å². The van der Waals surface area contributed by atoms with E-state index < -0.39 is 18.2 Å². The predicted molar refractivity (Wildman–Crippen MR) is 79.5 cm³/mol. The summed E-state index contributed by atoms with van der Waals surface area (Å²) in [5.41, 5.74) is 0.727. The van der Waals surface area contributed by atoms with E-state index in [-0.39, 0.29) is 6.61 Å². The molecule has 1 aromatic rings. The highest BCUT2D eigenvalue weighted by Gasteiger charge is 2.51. The molecule has 0 N–H and O–H groups in total. The summed E-state index contributed by atoms with van der Waals surface area (Å²) in [7, 11) is 0. The van der Waals surface area contributed by atoms with Gasteiger partial charge in [-0.05, 0) is 12.1 Å². The third-order valence-corrected chi connectivity index (χ3v) is 2.66. The Labute approximate surface area is 123 Å². The Bertz CT molecular complexity index is 538. The van der Waals surface area contributed by atoms with Crippen molar-refractivity contribution >= 4 is 17.6 Å². The van der Waals surface area contributed by atoms with Crippen LogP contribution in [0.3, 0.4) is 0 Å². The molecule has 0 spiro atoms. The van der Waals surface area contributed by atoms with Crippen LogP contribution in [0.4, 0.5) is 5.69 Å². The fourth-order valence-electron chi connectivity index (χ4n) is 1.65. The van der Waals surface area contributed by atoms with E-state index >= 15 is 0 Å². The van der Waals surface area contributed by atoms with Gasteiger partial charge in [-0.2, -0.15) is 0 Å². The van der Waals surface area contributed by atoms with E-state index in [0.717, 1.165) is 5.69 Å². The molecular formula is C16H17NO4. The minimum atomic E-state index is -0.669. The van der Waals surface area contributed by atoms with Gasteiger partial charge in [-0.3, -0.25) is 0 Å². The van der Waals surface area contributed by atoms with Crippen LogP contribution in [0.1, 0.15) is 0 Å². The molecule has 1 heterocycles. The van der Waals surface area contributed by atoms with Crippen LogP contribution in [-0.2, 0) is 19.0 Å². The molecule has 0 bridgehead atoms. The molecular weight excluding hydrogens is 270 g/mol. The molecule has 1 aliphatic rings. The van der Waals surface area contributed by atoms with Crippen molar-refractivity contribution in [2.75, 3.05) is 13.2 Å². The van der Waals surface area contributed by atoms with E-state index in [1.54, 1.807) is 6.08 Å². The molecule has 5 heteroatoms. The average Bonchev–Trinajstić information content (AvgIpc) is 3.30. The molecule has 1 saturated heterocycles. The van der Waals surface area contributed by atoms with E-state index in [1.165, 1.54) is 6.08 Å². The number of benzene rings is 1. The van der Waals surface area contributed by atoms with Gasteiger partial charge in [0, 0.05) is 0 Å². The molecule has 0 saturated carbocycles. The monoisotopic (exact) mass is 287 g/mol. The van der Waals surface area contributed by atoms with E-state index in [2.05, 4.69) is 18.2 Å². The van der Waals surface area contributed by atoms with Gasteiger partial charge in [-0.1, -0.05) is 43.5 Å². The maximum Gasteiger partial charge on any atom is 0.338 e. The quantitative estimate of drug-likeness (QED) is 0.254. The summed E-state index contributed by atoms with van der Waals surface area (Å²) in [4.78, 5) is 16.0. The molecule has 0 aliphatic carbocycles. The zero-order valence-electron chi connectivity index (χ0n) is 11.6. The summed E-state index contributed by atoms with van der Waals surface area (Å²) in [6.07, 6.45) is 1.93. The minimum Gasteiger partial charge on any atom is -0.475 e. The number of esters is 1. The highest BCUT2D eigenvalue weighted by Crippen LogP contribution is 2.27. The first-order chi connectivity index (χ1) is 10.3. The standard InChI is InChI=1S/C16H17NO4/c1-3-10-19-15(17-12-8-6-5-7-9-12)13-14(21-13)16(18)20-11-4-2/h3-9,13-14H,1-2,10-11H2. The molecule has 0 amide bonds. The fourth-order valence-corrected chi connectivity index (χ4v) is 1.65. The number of para-hydroxylation sites is 1. The Balaban J connectivity index is 2.04. The Morgan fingerprint density at radius 1 is 1.14 bits per heavy atom. The summed E-state index contributed by atoms with van der Waals surface area (Å²) < 4.78 is 15.7. The van der Waals surface area contributed by atoms with Crippen LogP contribution in [0.25, 0.3) is 0 Å². The molecule has 110 valence electrons. The number of rotatable bonds is 7. The van der Waals surface area contributed by atoms with Crippen molar-refractivity contribution in [3.05, 3.63) is 55.6 Å². The smallest absolute Gasteiger partial charge is 0.338 e. The molecule has 1 aromatic carbocycles. The van der Waals surface area contributed by atoms with Crippen LogP contribution in [0.5, 0.6) is 0 Å². The van der Waals surface area contributed by atoms with Crippen molar-refractivity contribution in [3.63, 3.8) is 0 Å². The largest absolute Gasteiger partial charge is 0.475 e. The summed E-state index contributed by atoms with van der Waals surface area (Å²) in [6, 6.07) is 9.31. The molecule has 1 fully saturated rings. The lowest BCUT2D eigenvalue weighted by atomic mass is 10.3. The van der Waals surface area contributed by atoms with Gasteiger partial charge >= 0.3 is 5.97 Å². The Hall–Kier alpha value is -2.40. The van der Waals surface area contributed by atoms with Gasteiger partial charge in [-0.25, -0.2) is 9.79 Å². The number of hydrogen-bond donors (Lipinski definition) is 0. The molecule has 21 heavy (non-hydrogen) atoms. The van der Waals surface area contributed by atoms with Crippen LogP contribution in [0.15, 0.2) is 60.6 Å². The molecule has 2 unspecified atom stereocenters. The van der Waals surface area contributed by atoms with Crippen molar-refractivity contribution in [1.82, 2.24) is 0 Å². The van der Waals surface area contributed by atoms with Crippen molar-refractivity contribution < 1.29 is 19.0 Å². The van der Waals surface area contributed by atoms with Gasteiger partial charge < -0.3 is 14.2 Å². The maximum atomic E-state index is 11.7. The molecule has 0 radical (unpaired) electrons. The minimum absolute atomic E-state index is 0.157. The normalized spacial score (nSPS) is 20.5. The van der Waals surface area contributed by atoms with Gasteiger partial charge in [0.2, 0.25) is 5.90 Å². The average molecular weight is 287 g/mol. The number of nitrogens with zero attached hydrogens (tertiary/aromatic N) is 1. The molecule has 1 aliphatic heterocycles. The first-order valence-corrected chi connectivity index (χ1v) is 6.56. The Morgan fingerprint density at radius 2 is 1.81 bits per heavy atom. The molecule has 0 aromatic heterocycles. The molecule has 2 atom stereocenters. The van der Waals surface area contributed by atoms with E-state index in [0.29, 0.717) is 12.5 Å². The maximum absolute atomic E-state index is 11.7. The summed E-state index contributed by atoms with van der Waals surface area (Å²) >= 11 is 0. The van der Waals surface area contributed by atoms with Crippen molar-refractivity contribution in [2.45, 2.75) is 12.2 Å². The summed E-state index contributed by atoms with van der Waals surface area (Å²) in [5.74, 6) is -0.0930. The fraction of sp³-hybridized carbons (Fsp3) is 0.250. The summed E-state index contributed by atoms with van der Waals surface area (Å²) in [6.45, 7) is 7.52. The van der Waals surface area contributed by atoms with Gasteiger partial charge in [-0.15, -0.1) is 0 Å². The third-order valence-electron chi connectivity index (χ3n) is 2.66. The number of carbonyl (C=O) groups excluding carboxylic acids is 1. The number of aliphatic imine (C=N–C) groups is 1. The first-order valence-electron chi connectivity index (χ1n) is 6.56. The lowest BCUT2D eigenvalue weighted by molar-refractivity contribution is -0.143. The van der Waals surface area contributed by atoms with Crippen molar-refractivity contribution in [2.24, 2.45) is 4.99 Å². The van der Waals surface area contributed by atoms with Crippen LogP contribution in [0.2, 0.25) is 0 Å². The van der Waals surface area contributed by atoms with E-state index in [1.807, 2.05) is 30.3 Å². The van der Waals surface area contributed by atoms with Crippen LogP contribution in [0, 0.1) is 0 Å². The van der Waals surface area contributed by atoms with Gasteiger partial charge in [0.1, 0.15) is 13.2 Å². The number of carbonyl (C=O) groups is 1. The highest BCUT2D eigenvalue weighted by atomic mass is 16.7. The number of ether oxygens (including phenoxy) is 3. The second kappa shape index (κ2) is 7.40. The Kier molecular flexibility index (Phi) is 5.29. The van der Waals surface area contributed by atoms with Crippen LogP contribution in [-0.4, -0.2) is 37.3 Å². The Morgan fingerprint density at radius 3 is 2.48 bits per heavy atom. The SMILES string of the molecule is C=CCOC(=O)C1OC1C(=Nc1ccccc1)OCC=C. The van der Waals surface area contributed by atoms with E-state index in [4.69, 9.17) is 14.2 Å². The first kappa shape index (κ1) is 15.0. The number of hydrogen-bond acceptors (Lipinski definition) is 5. The lowest BCUT2D eigenvalue weighted by Crippen LogP contribution is -2.20. The highest BCUT2D eigenvalue weighted by molar-refractivity contribution is 5.94. The third kappa shape index (κ3) is 4.29. The second-order valence-electron chi connectivity index (χ2n) is 4.28. The molecule has 5 nitrogen and oxygen atoms in total.